The van der Waals surface area contributed by atoms with Gasteiger partial charge in [-0.25, -0.2) is 0 Å². The molecule has 15 heavy (non-hydrogen) atoms. The summed E-state index contributed by atoms with van der Waals surface area (Å²) in [5.74, 6) is 1.17. The highest BCUT2D eigenvalue weighted by Gasteiger charge is 2.34. The zero-order valence-corrected chi connectivity index (χ0v) is 9.60. The van der Waals surface area contributed by atoms with Gasteiger partial charge in [0.25, 0.3) is 0 Å². The Bertz CT molecular complexity index is 417. The van der Waals surface area contributed by atoms with Crippen LogP contribution in [0.15, 0.2) is 39.4 Å². The number of dihydropyridines is 1. The van der Waals surface area contributed by atoms with Crippen LogP contribution >= 0.6 is 11.8 Å². The second-order valence-corrected chi connectivity index (χ2v) is 5.44. The molecular weight excluding hydrogens is 204 g/mol. The van der Waals surface area contributed by atoms with Crippen LogP contribution in [0.5, 0.6) is 0 Å². The molecule has 3 heteroatoms. The van der Waals surface area contributed by atoms with Crippen LogP contribution in [0.1, 0.15) is 13.3 Å². The largest absolute Gasteiger partial charge is 0.387 e. The number of thioether (sulfide) groups is 1. The van der Waals surface area contributed by atoms with E-state index in [4.69, 9.17) is 0 Å². The number of allylic oxidation sites excluding steroid dienone is 2. The lowest BCUT2D eigenvalue weighted by atomic mass is 9.82. The van der Waals surface area contributed by atoms with Gasteiger partial charge in [0.1, 0.15) is 0 Å². The molecule has 2 nitrogen and oxygen atoms in total. The molecule has 2 heterocycles. The number of hydrogen-bond donors (Lipinski definition) is 1. The zero-order valence-electron chi connectivity index (χ0n) is 8.79. The first-order valence-electron chi connectivity index (χ1n) is 5.32. The normalized spacial score (nSPS) is 33.0. The molecule has 3 aliphatic rings. The third kappa shape index (κ3) is 1.46. The van der Waals surface area contributed by atoms with Crippen molar-refractivity contribution < 1.29 is 0 Å². The van der Waals surface area contributed by atoms with Gasteiger partial charge in [-0.3, -0.25) is 4.99 Å². The molecule has 0 radical (unpaired) electrons. The van der Waals surface area contributed by atoms with E-state index in [0.717, 1.165) is 13.0 Å². The second kappa shape index (κ2) is 3.27. The fraction of sp³-hybridized carbons (Fsp3) is 0.417. The first-order chi connectivity index (χ1) is 7.28. The summed E-state index contributed by atoms with van der Waals surface area (Å²) in [4.78, 5) is 6.02. The van der Waals surface area contributed by atoms with Crippen LogP contribution in [0, 0.1) is 0 Å². The molecule has 0 aromatic rings. The van der Waals surface area contributed by atoms with Gasteiger partial charge in [-0.2, -0.15) is 0 Å². The van der Waals surface area contributed by atoms with Crippen molar-refractivity contribution in [2.24, 2.45) is 4.99 Å². The van der Waals surface area contributed by atoms with E-state index in [0.29, 0.717) is 0 Å². The lowest BCUT2D eigenvalue weighted by Gasteiger charge is -2.36. The van der Waals surface area contributed by atoms with E-state index in [-0.39, 0.29) is 5.54 Å². The molecule has 78 valence electrons. The van der Waals surface area contributed by atoms with Crippen LogP contribution in [0.3, 0.4) is 0 Å². The van der Waals surface area contributed by atoms with Gasteiger partial charge >= 0.3 is 0 Å². The summed E-state index contributed by atoms with van der Waals surface area (Å²) in [7, 11) is 0. The minimum absolute atomic E-state index is 0.0293. The van der Waals surface area contributed by atoms with Crippen molar-refractivity contribution in [2.75, 3.05) is 12.3 Å². The van der Waals surface area contributed by atoms with E-state index in [1.54, 1.807) is 0 Å². The fourth-order valence-corrected chi connectivity index (χ4v) is 3.21. The van der Waals surface area contributed by atoms with Crippen molar-refractivity contribution in [3.63, 3.8) is 0 Å². The van der Waals surface area contributed by atoms with Gasteiger partial charge in [-0.05, 0) is 24.6 Å². The van der Waals surface area contributed by atoms with Gasteiger partial charge in [0, 0.05) is 35.5 Å². The number of nitrogens with one attached hydrogen (secondary N) is 1. The summed E-state index contributed by atoms with van der Waals surface area (Å²) in [6.45, 7) is 3.30. The molecule has 0 saturated heterocycles. The number of nitrogens with zero attached hydrogens (tertiary/aromatic N) is 1. The van der Waals surface area contributed by atoms with Crippen LogP contribution in [-0.4, -0.2) is 24.1 Å². The Morgan fingerprint density at radius 3 is 3.40 bits per heavy atom. The van der Waals surface area contributed by atoms with E-state index in [1.165, 1.54) is 21.9 Å². The Balaban J connectivity index is 2.04. The summed E-state index contributed by atoms with van der Waals surface area (Å²) < 4.78 is 0. The Kier molecular flexibility index (Phi) is 2.02. The Hall–Kier alpha value is -0.960. The standard InChI is InChI=1S/C12H14N2S/c1-12-8-10-11(15-6-5-13-10)7-9(12)3-2-4-14-12/h2-4,7,13H,5-6,8H2,1H3. The molecule has 0 saturated carbocycles. The average molecular weight is 218 g/mol. The second-order valence-electron chi connectivity index (χ2n) is 4.31. The Labute approximate surface area is 94.2 Å². The van der Waals surface area contributed by atoms with Crippen molar-refractivity contribution >= 4 is 18.0 Å². The molecule has 0 aromatic heterocycles. The minimum Gasteiger partial charge on any atom is -0.387 e. The third-order valence-electron chi connectivity index (χ3n) is 3.15. The Morgan fingerprint density at radius 1 is 1.53 bits per heavy atom. The molecule has 0 fully saturated rings. The maximum atomic E-state index is 4.61. The van der Waals surface area contributed by atoms with E-state index in [9.17, 15) is 0 Å². The molecule has 0 bridgehead atoms. The molecule has 1 unspecified atom stereocenters. The van der Waals surface area contributed by atoms with E-state index in [2.05, 4.69) is 29.4 Å². The first kappa shape index (κ1) is 9.28. The van der Waals surface area contributed by atoms with E-state index in [1.807, 2.05) is 24.1 Å². The van der Waals surface area contributed by atoms with E-state index >= 15 is 0 Å². The quantitative estimate of drug-likeness (QED) is 0.674. The van der Waals surface area contributed by atoms with Gasteiger partial charge in [-0.15, -0.1) is 11.8 Å². The molecule has 3 rings (SSSR count). The summed E-state index contributed by atoms with van der Waals surface area (Å²) >= 11 is 1.96. The summed E-state index contributed by atoms with van der Waals surface area (Å²) in [6, 6.07) is 0. The van der Waals surface area contributed by atoms with E-state index < -0.39 is 0 Å². The highest BCUT2D eigenvalue weighted by molar-refractivity contribution is 8.03. The van der Waals surface area contributed by atoms with Crippen molar-refractivity contribution in [3.05, 3.63) is 34.4 Å². The zero-order chi connectivity index (χ0) is 10.3. The van der Waals surface area contributed by atoms with Crippen molar-refractivity contribution in [1.82, 2.24) is 5.32 Å². The SMILES string of the molecule is CC12CC3=C(C=C1C=CC=N2)SCCN3. The van der Waals surface area contributed by atoms with Crippen LogP contribution < -0.4 is 5.32 Å². The molecular formula is C12H14N2S. The van der Waals surface area contributed by atoms with Crippen LogP contribution in [-0.2, 0) is 0 Å². The topological polar surface area (TPSA) is 24.4 Å². The maximum absolute atomic E-state index is 4.61. The minimum atomic E-state index is -0.0293. The average Bonchev–Trinajstić information content (AvgIpc) is 2.25. The van der Waals surface area contributed by atoms with Gasteiger partial charge in [0.2, 0.25) is 0 Å². The van der Waals surface area contributed by atoms with Crippen molar-refractivity contribution in [2.45, 2.75) is 18.9 Å². The molecule has 0 spiro atoms. The highest BCUT2D eigenvalue weighted by atomic mass is 32.2. The molecule has 0 amide bonds. The highest BCUT2D eigenvalue weighted by Crippen LogP contribution is 2.41. The predicted octanol–water partition coefficient (Wildman–Crippen LogP) is 2.26. The number of rotatable bonds is 0. The first-order valence-corrected chi connectivity index (χ1v) is 6.30. The number of aliphatic imine (C=N–C) groups is 1. The van der Waals surface area contributed by atoms with Gasteiger partial charge in [-0.1, -0.05) is 6.08 Å². The lowest BCUT2D eigenvalue weighted by Crippen LogP contribution is -2.35. The van der Waals surface area contributed by atoms with Crippen LogP contribution in [0.4, 0.5) is 0 Å². The summed E-state index contributed by atoms with van der Waals surface area (Å²) in [5, 5.41) is 3.50. The smallest absolute Gasteiger partial charge is 0.0883 e. The molecule has 2 aliphatic heterocycles. The van der Waals surface area contributed by atoms with Crippen molar-refractivity contribution in [3.8, 4) is 0 Å². The predicted molar refractivity (Wildman–Crippen MR) is 66.2 cm³/mol. The number of hydrogen-bond acceptors (Lipinski definition) is 3. The molecule has 1 atom stereocenters. The Morgan fingerprint density at radius 2 is 2.47 bits per heavy atom. The van der Waals surface area contributed by atoms with Gasteiger partial charge < -0.3 is 5.32 Å². The molecule has 1 N–H and O–H groups in total. The molecule has 0 aromatic carbocycles. The fourth-order valence-electron chi connectivity index (χ4n) is 2.26. The van der Waals surface area contributed by atoms with Crippen LogP contribution in [0.2, 0.25) is 0 Å². The molecule has 1 aliphatic carbocycles. The lowest BCUT2D eigenvalue weighted by molar-refractivity contribution is 0.527. The summed E-state index contributed by atoms with van der Waals surface area (Å²) in [5.41, 5.74) is 2.70. The van der Waals surface area contributed by atoms with Gasteiger partial charge in [0.05, 0.1) is 5.54 Å². The monoisotopic (exact) mass is 218 g/mol. The van der Waals surface area contributed by atoms with Crippen LogP contribution in [0.25, 0.3) is 0 Å². The van der Waals surface area contributed by atoms with Crippen molar-refractivity contribution in [1.29, 1.82) is 0 Å². The van der Waals surface area contributed by atoms with Gasteiger partial charge in [0.15, 0.2) is 0 Å². The number of fused-ring (bicyclic) bond motifs is 1. The summed E-state index contributed by atoms with van der Waals surface area (Å²) in [6.07, 6.45) is 9.44. The third-order valence-corrected chi connectivity index (χ3v) is 4.23. The maximum Gasteiger partial charge on any atom is 0.0883 e.